The first-order valence-electron chi connectivity index (χ1n) is 7.96. The van der Waals surface area contributed by atoms with Crippen LogP contribution in [0.15, 0.2) is 0 Å². The molecule has 0 unspecified atom stereocenters. The van der Waals surface area contributed by atoms with Gasteiger partial charge in [-0.1, -0.05) is 21.6 Å². The molecule has 0 saturated carbocycles. The molecule has 0 radical (unpaired) electrons. The molecule has 5 N–H and O–H groups in total. The Hall–Kier alpha value is -1.50. The number of piperazine rings is 1. The highest BCUT2D eigenvalue weighted by Crippen LogP contribution is 2.22. The van der Waals surface area contributed by atoms with Gasteiger partial charge in [0.2, 0.25) is 11.8 Å². The molecule has 0 bridgehead atoms. The fraction of sp³-hybridized carbons (Fsp3) is 0.714. The number of rotatable bonds is 9. The van der Waals surface area contributed by atoms with E-state index < -0.39 is 35.8 Å². The van der Waals surface area contributed by atoms with Gasteiger partial charge in [-0.3, -0.25) is 9.59 Å². The zero-order chi connectivity index (χ0) is 19.9. The van der Waals surface area contributed by atoms with Crippen LogP contribution in [0, 0.1) is 0 Å². The maximum absolute atomic E-state index is 10.8. The van der Waals surface area contributed by atoms with Crippen LogP contribution < -0.4 is 31.5 Å². The van der Waals surface area contributed by atoms with Crippen molar-refractivity contribution in [2.45, 2.75) is 25.9 Å². The molecule has 0 spiro atoms. The van der Waals surface area contributed by atoms with Crippen LogP contribution in [0.25, 0.3) is 0 Å². The molecule has 150 valence electrons. The Morgan fingerprint density at radius 3 is 1.50 bits per heavy atom. The molecule has 1 heterocycles. The first-order chi connectivity index (χ1) is 12.2. The molecule has 1 fully saturated rings. The van der Waals surface area contributed by atoms with Gasteiger partial charge in [-0.25, -0.2) is 0 Å². The average Bonchev–Trinajstić information content (AvgIpc) is 2.57. The van der Waals surface area contributed by atoms with Crippen molar-refractivity contribution in [3.63, 3.8) is 0 Å². The van der Waals surface area contributed by atoms with Crippen LogP contribution in [0.4, 0.5) is 0 Å². The molecule has 2 atom stereocenters. The van der Waals surface area contributed by atoms with E-state index in [2.05, 4.69) is 21.3 Å². The summed E-state index contributed by atoms with van der Waals surface area (Å²) in [6.45, 7) is 7.27. The lowest BCUT2D eigenvalue weighted by Gasteiger charge is -2.20. The largest absolute Gasteiger partial charge is 0.548 e. The van der Waals surface area contributed by atoms with E-state index in [1.807, 2.05) is 0 Å². The first kappa shape index (κ1) is 24.5. The van der Waals surface area contributed by atoms with Gasteiger partial charge in [0.15, 0.2) is 0 Å². The van der Waals surface area contributed by atoms with Crippen molar-refractivity contribution >= 4 is 45.3 Å². The van der Waals surface area contributed by atoms with Gasteiger partial charge in [0, 0.05) is 38.4 Å². The third-order valence-electron chi connectivity index (χ3n) is 2.93. The van der Waals surface area contributed by atoms with Gasteiger partial charge in [0.05, 0.1) is 37.1 Å². The van der Waals surface area contributed by atoms with Gasteiger partial charge < -0.3 is 41.1 Å². The molecule has 10 nitrogen and oxygen atoms in total. The quantitative estimate of drug-likeness (QED) is 0.215. The summed E-state index contributed by atoms with van der Waals surface area (Å²) < 4.78 is 0. The number of carbonyl (C=O) groups is 4. The van der Waals surface area contributed by atoms with Crippen LogP contribution in [0.5, 0.6) is 0 Å². The number of nitrogens with one attached hydrogen (secondary N) is 3. The van der Waals surface area contributed by atoms with Gasteiger partial charge in [-0.2, -0.15) is 0 Å². The molecule has 0 aromatic rings. The van der Waals surface area contributed by atoms with Gasteiger partial charge >= 0.3 is 0 Å². The van der Waals surface area contributed by atoms with E-state index in [0.717, 1.165) is 21.6 Å². The highest BCUT2D eigenvalue weighted by Gasteiger charge is 2.14. The number of aliphatic carboxylic acids is 2. The van der Waals surface area contributed by atoms with E-state index in [-0.39, 0.29) is 11.5 Å². The van der Waals surface area contributed by atoms with Gasteiger partial charge in [0.1, 0.15) is 0 Å². The molecular weight excluding hydrogens is 384 g/mol. The zero-order valence-corrected chi connectivity index (χ0v) is 16.4. The highest BCUT2D eigenvalue weighted by atomic mass is 33.1. The van der Waals surface area contributed by atoms with Gasteiger partial charge in [-0.15, -0.1) is 0 Å². The Morgan fingerprint density at radius 2 is 1.31 bits per heavy atom. The number of carboxylic acid groups (broad SMARTS) is 2. The monoisotopic (exact) mass is 409 g/mol. The molecule has 0 aliphatic carbocycles. The summed E-state index contributed by atoms with van der Waals surface area (Å²) in [5.41, 5.74) is 0. The number of nitrogens with two attached hydrogens (primary N) is 1. The lowest BCUT2D eigenvalue weighted by Crippen LogP contribution is -2.89. The van der Waals surface area contributed by atoms with E-state index in [1.54, 1.807) is 0 Å². The normalized spacial score (nSPS) is 15.6. The summed E-state index contributed by atoms with van der Waals surface area (Å²) in [7, 11) is 2.09. The maximum Gasteiger partial charge on any atom is 0.217 e. The van der Waals surface area contributed by atoms with Crippen LogP contribution >= 0.6 is 21.6 Å². The molecule has 1 saturated heterocycles. The van der Waals surface area contributed by atoms with Crippen LogP contribution in [-0.2, 0) is 19.2 Å². The van der Waals surface area contributed by atoms with Crippen molar-refractivity contribution in [3.8, 4) is 0 Å². The number of hydrogen-bond acceptors (Lipinski definition) is 9. The smallest absolute Gasteiger partial charge is 0.217 e. The third-order valence-corrected chi connectivity index (χ3v) is 5.35. The predicted octanol–water partition coefficient (Wildman–Crippen LogP) is -4.97. The molecule has 1 aliphatic heterocycles. The van der Waals surface area contributed by atoms with Crippen molar-refractivity contribution in [2.75, 3.05) is 37.7 Å². The van der Waals surface area contributed by atoms with Crippen molar-refractivity contribution in [1.82, 2.24) is 16.0 Å². The van der Waals surface area contributed by atoms with E-state index in [9.17, 15) is 29.4 Å². The van der Waals surface area contributed by atoms with E-state index >= 15 is 0 Å². The standard InChI is InChI=1S/C10H16N2O6S2.C4H10N2/c1-5(13)11-7(9(15)16)3-19-20-4-8(10(17)18)12-6(2)14;1-2-6-4-3-5-1/h7-8H,3-4H2,1-2H3,(H,11,13)(H,12,14)(H,15,16)(H,17,18);5-6H,1-4H2/p-1/t7-,8-;/m0./s1. The summed E-state index contributed by atoms with van der Waals surface area (Å²) in [5, 5.41) is 31.4. The van der Waals surface area contributed by atoms with Gasteiger partial charge in [-0.05, 0) is 0 Å². The van der Waals surface area contributed by atoms with Crippen molar-refractivity contribution < 1.29 is 34.7 Å². The number of quaternary nitrogens is 1. The molecule has 12 heteroatoms. The Bertz CT molecular complexity index is 429. The zero-order valence-electron chi connectivity index (χ0n) is 14.7. The second-order valence-electron chi connectivity index (χ2n) is 5.33. The molecule has 1 aliphatic rings. The molecule has 0 aromatic heterocycles. The molecule has 26 heavy (non-hydrogen) atoms. The molecule has 1 rings (SSSR count). The van der Waals surface area contributed by atoms with Crippen molar-refractivity contribution in [1.29, 1.82) is 0 Å². The van der Waals surface area contributed by atoms with Crippen LogP contribution in [0.3, 0.4) is 0 Å². The van der Waals surface area contributed by atoms with Crippen molar-refractivity contribution in [2.24, 2.45) is 0 Å². The van der Waals surface area contributed by atoms with Crippen LogP contribution in [0.1, 0.15) is 13.8 Å². The SMILES string of the molecule is C1C[NH2+]CCN1.CC(=O)N[C@@H](CSSC[C@H](NC(C)=O)C(=O)[O-])C(=O)[O-]. The van der Waals surface area contributed by atoms with Crippen LogP contribution in [0.2, 0.25) is 0 Å². The number of carbonyl (C=O) groups excluding carboxylic acids is 4. The Kier molecular flexibility index (Phi) is 13.8. The number of hydrogen-bond donors (Lipinski definition) is 4. The Balaban J connectivity index is 0.000000867. The van der Waals surface area contributed by atoms with E-state index in [4.69, 9.17) is 0 Å². The Morgan fingerprint density at radius 1 is 0.923 bits per heavy atom. The fourth-order valence-electron chi connectivity index (χ4n) is 1.74. The molecular formula is C14H25N4O6S2-. The van der Waals surface area contributed by atoms with E-state index in [1.165, 1.54) is 40.0 Å². The lowest BCUT2D eigenvalue weighted by molar-refractivity contribution is -0.657. The minimum atomic E-state index is -1.42. The minimum absolute atomic E-state index is 0.00637. The average molecular weight is 410 g/mol. The minimum Gasteiger partial charge on any atom is -0.548 e. The summed E-state index contributed by atoms with van der Waals surface area (Å²) in [5.74, 6) is -3.84. The van der Waals surface area contributed by atoms with Gasteiger partial charge in [0.25, 0.3) is 0 Å². The third kappa shape index (κ3) is 13.8. The predicted molar refractivity (Wildman–Crippen MR) is 94.7 cm³/mol. The number of amides is 2. The summed E-state index contributed by atoms with van der Waals surface area (Å²) >= 11 is 0. The maximum atomic E-state index is 10.8. The summed E-state index contributed by atoms with van der Waals surface area (Å²) in [6, 6.07) is -2.32. The first-order valence-corrected chi connectivity index (χ1v) is 10.5. The second kappa shape index (κ2) is 14.6. The summed E-state index contributed by atoms with van der Waals surface area (Å²) in [4.78, 5) is 42.9. The second-order valence-corrected chi connectivity index (χ2v) is 7.88. The van der Waals surface area contributed by atoms with E-state index in [0.29, 0.717) is 0 Å². The van der Waals surface area contributed by atoms with Crippen molar-refractivity contribution in [3.05, 3.63) is 0 Å². The highest BCUT2D eigenvalue weighted by molar-refractivity contribution is 8.76. The lowest BCUT2D eigenvalue weighted by atomic mass is 10.3. The Labute approximate surface area is 160 Å². The number of carboxylic acids is 2. The molecule has 0 aromatic carbocycles. The van der Waals surface area contributed by atoms with Crippen LogP contribution in [-0.4, -0.2) is 73.5 Å². The topological polar surface area (TPSA) is 167 Å². The summed E-state index contributed by atoms with van der Waals surface area (Å²) in [6.07, 6.45) is 0. The fourth-order valence-corrected chi connectivity index (χ4v) is 4.04. The molecule has 2 amide bonds.